The Bertz CT molecular complexity index is 1370. The van der Waals surface area contributed by atoms with Crippen LogP contribution in [0.5, 0.6) is 0 Å². The zero-order valence-electron chi connectivity index (χ0n) is 23.2. The number of Topliss-reactive ketones (excluding diaryl/α,β-unsaturated/α-hetero) is 1. The molecule has 1 fully saturated rings. The number of carbonyl (C=O) groups is 3. The molecule has 0 atom stereocenters. The fourth-order valence-corrected chi connectivity index (χ4v) is 6.98. The lowest BCUT2D eigenvalue weighted by Crippen LogP contribution is -2.28. The van der Waals surface area contributed by atoms with Crippen LogP contribution in [-0.4, -0.2) is 53.3 Å². The van der Waals surface area contributed by atoms with Crippen molar-refractivity contribution in [3.8, 4) is 0 Å². The second-order valence-corrected chi connectivity index (χ2v) is 11.6. The van der Waals surface area contributed by atoms with E-state index in [1.54, 1.807) is 43.0 Å². The molecule has 0 spiro atoms. The normalized spacial score (nSPS) is 18.4. The number of allylic oxidation sites excluding steroid dienone is 2. The fourth-order valence-electron chi connectivity index (χ4n) is 4.60. The van der Waals surface area contributed by atoms with Crippen LogP contribution < -0.4 is 5.32 Å². The average molecular weight is 579 g/mol. The first-order chi connectivity index (χ1) is 19.2. The number of ether oxygens (including phenoxy) is 1. The summed E-state index contributed by atoms with van der Waals surface area (Å²) in [5, 5.41) is 12.7. The summed E-state index contributed by atoms with van der Waals surface area (Å²) in [7, 11) is 3.37. The van der Waals surface area contributed by atoms with Crippen LogP contribution in [0, 0.1) is 5.41 Å². The van der Waals surface area contributed by atoms with E-state index in [0.29, 0.717) is 17.0 Å². The Morgan fingerprint density at radius 3 is 2.25 bits per heavy atom. The van der Waals surface area contributed by atoms with Gasteiger partial charge >= 0.3 is 5.97 Å². The lowest BCUT2D eigenvalue weighted by Gasteiger charge is -2.20. The summed E-state index contributed by atoms with van der Waals surface area (Å²) in [6, 6.07) is 14.4. The third-order valence-electron chi connectivity index (χ3n) is 6.78. The van der Waals surface area contributed by atoms with Gasteiger partial charge in [0.25, 0.3) is 5.91 Å². The van der Waals surface area contributed by atoms with Crippen molar-refractivity contribution in [2.24, 2.45) is 0 Å². The van der Waals surface area contributed by atoms with E-state index in [1.165, 1.54) is 47.2 Å². The minimum atomic E-state index is -0.392. The van der Waals surface area contributed by atoms with Gasteiger partial charge in [-0.05, 0) is 93.3 Å². The van der Waals surface area contributed by atoms with Crippen molar-refractivity contribution in [3.63, 3.8) is 0 Å². The average Bonchev–Trinajstić information content (AvgIpc) is 3.44. The number of carbonyl (C=O) groups excluding carboxylic acids is 3. The van der Waals surface area contributed by atoms with Gasteiger partial charge in [-0.3, -0.25) is 19.9 Å². The lowest BCUT2D eigenvalue weighted by molar-refractivity contribution is -0.122. The SMILES string of the molecule is CCNc1ccc(C(C)=O)cc1.COC(=O)c1ccc(CN2C(=N)S/C(=C3\SC4=C(CCCC4)N3C)C2=O)cc1. The highest BCUT2D eigenvalue weighted by Crippen LogP contribution is 2.51. The number of anilines is 1. The molecule has 2 aromatic rings. The van der Waals surface area contributed by atoms with Crippen LogP contribution in [0.25, 0.3) is 0 Å². The molecule has 3 aliphatic rings. The fraction of sp³-hybridized carbons (Fsp3) is 0.333. The molecule has 5 rings (SSSR count). The number of benzene rings is 2. The van der Waals surface area contributed by atoms with Crippen LogP contribution >= 0.6 is 23.5 Å². The highest BCUT2D eigenvalue weighted by Gasteiger charge is 2.39. The monoisotopic (exact) mass is 578 g/mol. The Hall–Kier alpha value is -3.50. The van der Waals surface area contributed by atoms with Crippen molar-refractivity contribution in [1.29, 1.82) is 5.41 Å². The van der Waals surface area contributed by atoms with Crippen LogP contribution in [0.1, 0.15) is 65.8 Å². The number of thioether (sulfide) groups is 2. The highest BCUT2D eigenvalue weighted by molar-refractivity contribution is 8.19. The molecule has 10 heteroatoms. The molecule has 0 aromatic heterocycles. The molecule has 0 bridgehead atoms. The van der Waals surface area contributed by atoms with Crippen molar-refractivity contribution in [3.05, 3.63) is 85.8 Å². The largest absolute Gasteiger partial charge is 0.465 e. The van der Waals surface area contributed by atoms with Gasteiger partial charge in [-0.1, -0.05) is 23.9 Å². The van der Waals surface area contributed by atoms with Gasteiger partial charge < -0.3 is 15.0 Å². The Morgan fingerprint density at radius 2 is 1.65 bits per heavy atom. The lowest BCUT2D eigenvalue weighted by atomic mass is 10.0. The van der Waals surface area contributed by atoms with Gasteiger partial charge in [0.05, 0.1) is 24.2 Å². The summed E-state index contributed by atoms with van der Waals surface area (Å²) in [4.78, 5) is 41.1. The topological polar surface area (TPSA) is 103 Å². The summed E-state index contributed by atoms with van der Waals surface area (Å²) in [5.41, 5.74) is 4.48. The van der Waals surface area contributed by atoms with Crippen molar-refractivity contribution in [2.75, 3.05) is 26.0 Å². The Kier molecular flexibility index (Phi) is 9.76. The Labute approximate surface area is 243 Å². The van der Waals surface area contributed by atoms with E-state index in [1.807, 2.05) is 38.2 Å². The summed E-state index contributed by atoms with van der Waals surface area (Å²) in [5.74, 6) is -0.406. The third-order valence-corrected chi connectivity index (χ3v) is 9.26. The van der Waals surface area contributed by atoms with E-state index >= 15 is 0 Å². The molecule has 1 aliphatic carbocycles. The summed E-state index contributed by atoms with van der Waals surface area (Å²) in [6.45, 7) is 4.82. The number of amides is 1. The maximum absolute atomic E-state index is 13.1. The van der Waals surface area contributed by atoms with Gasteiger partial charge in [0, 0.05) is 35.4 Å². The second-order valence-electron chi connectivity index (χ2n) is 9.52. The Morgan fingerprint density at radius 1 is 1.00 bits per heavy atom. The smallest absolute Gasteiger partial charge is 0.337 e. The number of nitrogens with zero attached hydrogens (tertiary/aromatic N) is 2. The standard InChI is InChI=1S/C20H21N3O3S2.C10H13NO/c1-22-14-5-3-4-6-15(14)27-18(22)16-17(24)23(20(21)28-16)11-12-7-9-13(10-8-12)19(25)26-2;1-3-11-10-6-4-9(5-7-10)8(2)12/h7-10,21H,3-6,11H2,1-2H3;4-7,11H,3H2,1-2H3/b18-16-,21-20?;. The molecule has 210 valence electrons. The van der Waals surface area contributed by atoms with Crippen LogP contribution in [0.2, 0.25) is 0 Å². The minimum Gasteiger partial charge on any atom is -0.465 e. The van der Waals surface area contributed by atoms with Crippen LogP contribution in [-0.2, 0) is 16.1 Å². The molecule has 0 saturated carbocycles. The van der Waals surface area contributed by atoms with E-state index in [0.717, 1.165) is 41.2 Å². The van der Waals surface area contributed by atoms with E-state index in [9.17, 15) is 14.4 Å². The number of amidine groups is 1. The maximum Gasteiger partial charge on any atom is 0.337 e. The highest BCUT2D eigenvalue weighted by atomic mass is 32.2. The van der Waals surface area contributed by atoms with Crippen molar-refractivity contribution in [2.45, 2.75) is 46.1 Å². The zero-order valence-corrected chi connectivity index (χ0v) is 24.8. The van der Waals surface area contributed by atoms with E-state index in [-0.39, 0.29) is 16.9 Å². The van der Waals surface area contributed by atoms with Gasteiger partial charge in [0.15, 0.2) is 11.0 Å². The molecule has 2 aliphatic heterocycles. The number of methoxy groups -OCH3 is 1. The number of ketones is 1. The zero-order chi connectivity index (χ0) is 28.8. The molecule has 1 saturated heterocycles. The van der Waals surface area contributed by atoms with Crippen molar-refractivity contribution < 1.29 is 19.1 Å². The molecular formula is C30H34N4O4S2. The van der Waals surface area contributed by atoms with Gasteiger partial charge in [-0.2, -0.15) is 0 Å². The molecule has 2 aromatic carbocycles. The van der Waals surface area contributed by atoms with Crippen LogP contribution in [0.4, 0.5) is 5.69 Å². The van der Waals surface area contributed by atoms with Crippen LogP contribution in [0.15, 0.2) is 69.1 Å². The predicted molar refractivity (Wildman–Crippen MR) is 162 cm³/mol. The molecule has 8 nitrogen and oxygen atoms in total. The molecule has 1 amide bonds. The number of hydrogen-bond donors (Lipinski definition) is 2. The molecule has 2 N–H and O–H groups in total. The summed E-state index contributed by atoms with van der Waals surface area (Å²) >= 11 is 2.93. The molecule has 0 unspecified atom stereocenters. The van der Waals surface area contributed by atoms with Crippen molar-refractivity contribution in [1.82, 2.24) is 9.80 Å². The van der Waals surface area contributed by atoms with E-state index in [2.05, 4.69) is 10.2 Å². The van der Waals surface area contributed by atoms with Gasteiger partial charge in [0.2, 0.25) is 0 Å². The third kappa shape index (κ3) is 6.62. The number of esters is 1. The first-order valence-corrected chi connectivity index (χ1v) is 14.8. The van der Waals surface area contributed by atoms with Gasteiger partial charge in [-0.25, -0.2) is 4.79 Å². The van der Waals surface area contributed by atoms with Crippen molar-refractivity contribution >= 4 is 52.0 Å². The quantitative estimate of drug-likeness (QED) is 0.229. The minimum absolute atomic E-state index is 0.109. The van der Waals surface area contributed by atoms with E-state index < -0.39 is 5.97 Å². The van der Waals surface area contributed by atoms with E-state index in [4.69, 9.17) is 10.1 Å². The molecule has 40 heavy (non-hydrogen) atoms. The number of rotatable bonds is 6. The molecule has 2 heterocycles. The molecular weight excluding hydrogens is 544 g/mol. The maximum atomic E-state index is 13.1. The second kappa shape index (κ2) is 13.2. The first-order valence-electron chi connectivity index (χ1n) is 13.2. The van der Waals surface area contributed by atoms with Gasteiger partial charge in [-0.15, -0.1) is 0 Å². The summed E-state index contributed by atoms with van der Waals surface area (Å²) < 4.78 is 4.71. The first kappa shape index (κ1) is 29.5. The number of hydrogen-bond acceptors (Lipinski definition) is 9. The Balaban J connectivity index is 0.000000259. The van der Waals surface area contributed by atoms with Gasteiger partial charge in [0.1, 0.15) is 4.91 Å². The number of nitrogens with one attached hydrogen (secondary N) is 2. The molecule has 0 radical (unpaired) electrons. The van der Waals surface area contributed by atoms with Crippen LogP contribution in [0.3, 0.4) is 0 Å². The predicted octanol–water partition coefficient (Wildman–Crippen LogP) is 6.44. The summed E-state index contributed by atoms with van der Waals surface area (Å²) in [6.07, 6.45) is 4.53.